The van der Waals surface area contributed by atoms with E-state index in [0.29, 0.717) is 6.54 Å². The van der Waals surface area contributed by atoms with Gasteiger partial charge < -0.3 is 5.32 Å². The van der Waals surface area contributed by atoms with Crippen LogP contribution in [0.5, 0.6) is 0 Å². The first kappa shape index (κ1) is 19.7. The average molecular weight is 413 g/mol. The predicted octanol–water partition coefficient (Wildman–Crippen LogP) is 4.94. The number of carbonyl (C=O) groups excluding carboxylic acids is 1. The molecule has 1 aromatic heterocycles. The topological polar surface area (TPSA) is 45.2 Å². The zero-order valence-electron chi connectivity index (χ0n) is 15.8. The molecule has 150 valence electrons. The maximum Gasteiger partial charge on any atom is 0.227 e. The highest BCUT2D eigenvalue weighted by Gasteiger charge is 2.25. The fourth-order valence-corrected chi connectivity index (χ4v) is 4.13. The van der Waals surface area contributed by atoms with E-state index in [1.807, 2.05) is 29.6 Å². The Bertz CT molecular complexity index is 968. The molecule has 2 heterocycles. The zero-order valence-corrected chi connectivity index (χ0v) is 16.6. The second-order valence-electron chi connectivity index (χ2n) is 7.24. The predicted molar refractivity (Wildman–Crippen MR) is 111 cm³/mol. The molecule has 0 bridgehead atoms. The van der Waals surface area contributed by atoms with Crippen molar-refractivity contribution in [3.8, 4) is 11.3 Å². The zero-order chi connectivity index (χ0) is 20.2. The van der Waals surface area contributed by atoms with Crippen molar-refractivity contribution in [2.24, 2.45) is 5.92 Å². The van der Waals surface area contributed by atoms with Gasteiger partial charge in [0.05, 0.1) is 11.2 Å². The van der Waals surface area contributed by atoms with Crippen LogP contribution in [0, 0.1) is 17.6 Å². The van der Waals surface area contributed by atoms with Crippen molar-refractivity contribution in [1.29, 1.82) is 0 Å². The number of hydrogen-bond donors (Lipinski definition) is 1. The maximum atomic E-state index is 13.4. The highest BCUT2D eigenvalue weighted by atomic mass is 32.1. The summed E-state index contributed by atoms with van der Waals surface area (Å²) < 4.78 is 26.4. The van der Waals surface area contributed by atoms with Crippen LogP contribution in [0.25, 0.3) is 11.3 Å². The number of rotatable bonds is 5. The Morgan fingerprint density at radius 2 is 1.86 bits per heavy atom. The number of anilines is 1. The minimum absolute atomic E-state index is 0.0267. The van der Waals surface area contributed by atoms with Crippen LogP contribution < -0.4 is 5.32 Å². The van der Waals surface area contributed by atoms with Crippen LogP contribution in [0.1, 0.15) is 18.4 Å². The minimum Gasteiger partial charge on any atom is -0.326 e. The molecule has 0 saturated carbocycles. The van der Waals surface area contributed by atoms with Gasteiger partial charge in [-0.15, -0.1) is 11.3 Å². The average Bonchev–Trinajstić information content (AvgIpc) is 3.27. The molecule has 1 saturated heterocycles. The summed E-state index contributed by atoms with van der Waals surface area (Å²) in [6.07, 6.45) is 1.48. The summed E-state index contributed by atoms with van der Waals surface area (Å²) in [4.78, 5) is 19.0. The number of nitrogens with zero attached hydrogens (tertiary/aromatic N) is 2. The number of likely N-dealkylation sites (tertiary alicyclic amines) is 1. The Hall–Kier alpha value is -2.64. The molecule has 1 N–H and O–H groups in total. The fourth-order valence-electron chi connectivity index (χ4n) is 3.57. The van der Waals surface area contributed by atoms with Crippen LogP contribution in [0.4, 0.5) is 14.5 Å². The third kappa shape index (κ3) is 4.86. The van der Waals surface area contributed by atoms with Gasteiger partial charge in [0.1, 0.15) is 0 Å². The van der Waals surface area contributed by atoms with Gasteiger partial charge in [-0.3, -0.25) is 9.69 Å². The summed E-state index contributed by atoms with van der Waals surface area (Å²) >= 11 is 1.55. The normalized spacial score (nSPS) is 15.4. The number of thiazole rings is 1. The SMILES string of the molecule is O=C(Nc1ccc(-c2cscn2)cc1)C1CCN(Cc2ccc(F)c(F)c2)CC1. The highest BCUT2D eigenvalue weighted by Crippen LogP contribution is 2.24. The van der Waals surface area contributed by atoms with Gasteiger partial charge in [-0.25, -0.2) is 13.8 Å². The van der Waals surface area contributed by atoms with Crippen LogP contribution in [-0.4, -0.2) is 28.9 Å². The number of amides is 1. The van der Waals surface area contributed by atoms with Crippen molar-refractivity contribution in [3.63, 3.8) is 0 Å². The van der Waals surface area contributed by atoms with Gasteiger partial charge in [-0.05, 0) is 55.8 Å². The van der Waals surface area contributed by atoms with Crippen molar-refractivity contribution in [3.05, 3.63) is 70.6 Å². The molecule has 0 atom stereocenters. The number of benzene rings is 2. The van der Waals surface area contributed by atoms with Gasteiger partial charge in [0.15, 0.2) is 11.6 Å². The third-order valence-electron chi connectivity index (χ3n) is 5.23. The van der Waals surface area contributed by atoms with Crippen LogP contribution >= 0.6 is 11.3 Å². The van der Waals surface area contributed by atoms with E-state index in [1.54, 1.807) is 22.9 Å². The molecule has 1 amide bonds. The molecule has 4 nitrogen and oxygen atoms in total. The number of carbonyl (C=O) groups is 1. The highest BCUT2D eigenvalue weighted by molar-refractivity contribution is 7.07. The lowest BCUT2D eigenvalue weighted by Gasteiger charge is -2.31. The van der Waals surface area contributed by atoms with Crippen LogP contribution in [0.3, 0.4) is 0 Å². The summed E-state index contributed by atoms with van der Waals surface area (Å²) in [5.41, 5.74) is 5.27. The Kier molecular flexibility index (Phi) is 5.97. The maximum absolute atomic E-state index is 13.4. The quantitative estimate of drug-likeness (QED) is 0.645. The Balaban J connectivity index is 1.28. The van der Waals surface area contributed by atoms with Crippen molar-refractivity contribution in [1.82, 2.24) is 9.88 Å². The van der Waals surface area contributed by atoms with Crippen molar-refractivity contribution in [2.75, 3.05) is 18.4 Å². The molecule has 0 spiro atoms. The Morgan fingerprint density at radius 3 is 2.52 bits per heavy atom. The monoisotopic (exact) mass is 413 g/mol. The molecule has 1 fully saturated rings. The Labute approximate surface area is 172 Å². The van der Waals surface area contributed by atoms with E-state index in [9.17, 15) is 13.6 Å². The molecule has 2 aromatic carbocycles. The summed E-state index contributed by atoms with van der Waals surface area (Å²) in [5.74, 6) is -1.67. The molecular weight excluding hydrogens is 392 g/mol. The molecule has 7 heteroatoms. The van der Waals surface area contributed by atoms with Crippen molar-refractivity contribution >= 4 is 22.9 Å². The minimum atomic E-state index is -0.830. The van der Waals surface area contributed by atoms with Gasteiger partial charge in [-0.1, -0.05) is 18.2 Å². The number of aromatic nitrogens is 1. The van der Waals surface area contributed by atoms with Gasteiger partial charge in [-0.2, -0.15) is 0 Å². The van der Waals surface area contributed by atoms with Crippen molar-refractivity contribution in [2.45, 2.75) is 19.4 Å². The summed E-state index contributed by atoms with van der Waals surface area (Å²) in [6, 6.07) is 11.7. The van der Waals surface area contributed by atoms with E-state index in [1.165, 1.54) is 6.07 Å². The van der Waals surface area contributed by atoms with Gasteiger partial charge in [0.25, 0.3) is 0 Å². The number of piperidine rings is 1. The van der Waals surface area contributed by atoms with E-state index >= 15 is 0 Å². The molecule has 0 unspecified atom stereocenters. The lowest BCUT2D eigenvalue weighted by Crippen LogP contribution is -2.37. The summed E-state index contributed by atoms with van der Waals surface area (Å²) in [5, 5.41) is 4.98. The van der Waals surface area contributed by atoms with E-state index in [0.717, 1.165) is 54.5 Å². The second-order valence-corrected chi connectivity index (χ2v) is 7.96. The lowest BCUT2D eigenvalue weighted by molar-refractivity contribution is -0.121. The molecular formula is C22H21F2N3OS. The third-order valence-corrected chi connectivity index (χ3v) is 5.82. The lowest BCUT2D eigenvalue weighted by atomic mass is 9.95. The largest absolute Gasteiger partial charge is 0.326 e. The molecule has 1 aliphatic rings. The van der Waals surface area contributed by atoms with Crippen LogP contribution in [-0.2, 0) is 11.3 Å². The molecule has 1 aliphatic heterocycles. The Morgan fingerprint density at radius 1 is 1.10 bits per heavy atom. The van der Waals surface area contributed by atoms with Gasteiger partial charge >= 0.3 is 0 Å². The van der Waals surface area contributed by atoms with Gasteiger partial charge in [0, 0.05) is 29.1 Å². The molecule has 3 aromatic rings. The standard InChI is InChI=1S/C22H21F2N3OS/c23-19-6-1-15(11-20(19)24)12-27-9-7-17(8-10-27)22(28)26-18-4-2-16(3-5-18)21-13-29-14-25-21/h1-6,11,13-14,17H,7-10,12H2,(H,26,28). The molecule has 0 aliphatic carbocycles. The van der Waals surface area contributed by atoms with Gasteiger partial charge in [0.2, 0.25) is 5.91 Å². The molecule has 0 radical (unpaired) electrons. The first-order chi connectivity index (χ1) is 14.1. The van der Waals surface area contributed by atoms with Crippen molar-refractivity contribution < 1.29 is 13.6 Å². The van der Waals surface area contributed by atoms with E-state index in [2.05, 4.69) is 15.2 Å². The van der Waals surface area contributed by atoms with Crippen LogP contribution in [0.15, 0.2) is 53.4 Å². The van der Waals surface area contributed by atoms with E-state index in [4.69, 9.17) is 0 Å². The summed E-state index contributed by atoms with van der Waals surface area (Å²) in [6.45, 7) is 2.06. The molecule has 29 heavy (non-hydrogen) atoms. The first-order valence-corrected chi connectivity index (χ1v) is 10.5. The number of hydrogen-bond acceptors (Lipinski definition) is 4. The number of halogens is 2. The fraction of sp³-hybridized carbons (Fsp3) is 0.273. The second kappa shape index (κ2) is 8.80. The summed E-state index contributed by atoms with van der Waals surface area (Å²) in [7, 11) is 0. The number of nitrogens with one attached hydrogen (secondary N) is 1. The smallest absolute Gasteiger partial charge is 0.227 e. The van der Waals surface area contributed by atoms with Crippen LogP contribution in [0.2, 0.25) is 0 Å². The molecule has 4 rings (SSSR count). The first-order valence-electron chi connectivity index (χ1n) is 9.54. The van der Waals surface area contributed by atoms with E-state index in [-0.39, 0.29) is 11.8 Å². The van der Waals surface area contributed by atoms with E-state index < -0.39 is 11.6 Å².